The summed E-state index contributed by atoms with van der Waals surface area (Å²) in [5.74, 6) is 1.34. The Morgan fingerprint density at radius 1 is 1.20 bits per heavy atom. The van der Waals surface area contributed by atoms with E-state index in [9.17, 15) is 5.11 Å². The molecule has 114 valence electrons. The molecule has 0 bridgehead atoms. The van der Waals surface area contributed by atoms with Crippen molar-refractivity contribution in [3.05, 3.63) is 48.5 Å². The molecule has 0 aromatic heterocycles. The van der Waals surface area contributed by atoms with Crippen molar-refractivity contribution in [2.45, 2.75) is 52.7 Å². The molecule has 0 heterocycles. The Kier molecular flexibility index (Phi) is 8.73. The van der Waals surface area contributed by atoms with E-state index in [2.05, 4.69) is 6.58 Å². The maximum absolute atomic E-state index is 10.0. The molecule has 0 amide bonds. The standard InChI is InChI=1S/C17H28O3/c1-7-10-14(4)19-13-15(18)12-17(5,6)20-16(9-3)11-8-2/h7-11,15,18H,4,12-13H2,1-3,5-6H3/b10-7-,11-8-,16-9+. The summed E-state index contributed by atoms with van der Waals surface area (Å²) in [6, 6.07) is 0. The summed E-state index contributed by atoms with van der Waals surface area (Å²) in [5.41, 5.74) is -0.466. The molecule has 1 N–H and O–H groups in total. The number of hydrogen-bond acceptors (Lipinski definition) is 3. The zero-order chi connectivity index (χ0) is 15.6. The smallest absolute Gasteiger partial charge is 0.115 e. The molecular formula is C17H28O3. The molecule has 0 spiro atoms. The van der Waals surface area contributed by atoms with Crippen LogP contribution in [0, 0.1) is 0 Å². The molecule has 0 rings (SSSR count). The van der Waals surface area contributed by atoms with Crippen LogP contribution in [-0.2, 0) is 9.47 Å². The van der Waals surface area contributed by atoms with E-state index in [0.717, 1.165) is 5.76 Å². The highest BCUT2D eigenvalue weighted by Gasteiger charge is 2.24. The van der Waals surface area contributed by atoms with Crippen LogP contribution >= 0.6 is 0 Å². The number of ether oxygens (including phenoxy) is 2. The van der Waals surface area contributed by atoms with Gasteiger partial charge in [0.1, 0.15) is 23.7 Å². The summed E-state index contributed by atoms with van der Waals surface area (Å²) in [5, 5.41) is 10.0. The van der Waals surface area contributed by atoms with Gasteiger partial charge >= 0.3 is 0 Å². The quantitative estimate of drug-likeness (QED) is 0.510. The van der Waals surface area contributed by atoms with E-state index in [0.29, 0.717) is 12.2 Å². The summed E-state index contributed by atoms with van der Waals surface area (Å²) >= 11 is 0. The highest BCUT2D eigenvalue weighted by molar-refractivity contribution is 5.11. The summed E-state index contributed by atoms with van der Waals surface area (Å²) in [4.78, 5) is 0. The lowest BCUT2D eigenvalue weighted by atomic mass is 10.0. The summed E-state index contributed by atoms with van der Waals surface area (Å²) in [7, 11) is 0. The van der Waals surface area contributed by atoms with Gasteiger partial charge in [-0.1, -0.05) is 18.7 Å². The molecule has 0 fully saturated rings. The minimum atomic E-state index is -0.601. The van der Waals surface area contributed by atoms with E-state index in [-0.39, 0.29) is 6.61 Å². The Morgan fingerprint density at radius 2 is 1.80 bits per heavy atom. The average Bonchev–Trinajstić information content (AvgIpc) is 2.35. The van der Waals surface area contributed by atoms with Gasteiger partial charge in [0, 0.05) is 6.42 Å². The molecule has 0 aromatic carbocycles. The number of allylic oxidation sites excluding steroid dienone is 5. The first-order valence-corrected chi connectivity index (χ1v) is 6.95. The summed E-state index contributed by atoms with van der Waals surface area (Å²) < 4.78 is 11.2. The lowest BCUT2D eigenvalue weighted by molar-refractivity contribution is -0.0245. The molecule has 0 aliphatic carbocycles. The lowest BCUT2D eigenvalue weighted by Crippen LogP contribution is -2.31. The summed E-state index contributed by atoms with van der Waals surface area (Å²) in [6.45, 7) is 13.6. The number of hydrogen-bond donors (Lipinski definition) is 1. The number of aliphatic hydroxyl groups is 1. The first-order chi connectivity index (χ1) is 9.34. The van der Waals surface area contributed by atoms with E-state index in [1.54, 1.807) is 6.08 Å². The molecule has 0 aliphatic rings. The van der Waals surface area contributed by atoms with Crippen molar-refractivity contribution in [2.24, 2.45) is 0 Å². The van der Waals surface area contributed by atoms with Crippen LogP contribution in [0.3, 0.4) is 0 Å². The van der Waals surface area contributed by atoms with E-state index < -0.39 is 11.7 Å². The highest BCUT2D eigenvalue weighted by atomic mass is 16.5. The minimum Gasteiger partial charge on any atom is -0.492 e. The van der Waals surface area contributed by atoms with Crippen LogP contribution in [0.1, 0.15) is 41.0 Å². The van der Waals surface area contributed by atoms with Crippen LogP contribution in [0.25, 0.3) is 0 Å². The fourth-order valence-electron chi connectivity index (χ4n) is 1.78. The maximum atomic E-state index is 10.0. The van der Waals surface area contributed by atoms with Crippen molar-refractivity contribution in [1.29, 1.82) is 0 Å². The third-order valence-electron chi connectivity index (χ3n) is 2.55. The fourth-order valence-corrected chi connectivity index (χ4v) is 1.78. The van der Waals surface area contributed by atoms with Gasteiger partial charge in [-0.05, 0) is 52.8 Å². The third-order valence-corrected chi connectivity index (χ3v) is 2.55. The van der Waals surface area contributed by atoms with E-state index in [1.807, 2.05) is 58.9 Å². The second-order valence-corrected chi connectivity index (χ2v) is 5.19. The van der Waals surface area contributed by atoms with Gasteiger partial charge in [-0.25, -0.2) is 0 Å². The maximum Gasteiger partial charge on any atom is 0.115 e. The Morgan fingerprint density at radius 3 is 2.30 bits per heavy atom. The molecule has 1 unspecified atom stereocenters. The van der Waals surface area contributed by atoms with Gasteiger partial charge in [-0.2, -0.15) is 0 Å². The topological polar surface area (TPSA) is 38.7 Å². The van der Waals surface area contributed by atoms with Crippen LogP contribution in [0.4, 0.5) is 0 Å². The predicted octanol–water partition coefficient (Wildman–Crippen LogP) is 4.12. The van der Waals surface area contributed by atoms with Crippen molar-refractivity contribution in [1.82, 2.24) is 0 Å². The molecule has 1 atom stereocenters. The monoisotopic (exact) mass is 280 g/mol. The van der Waals surface area contributed by atoms with E-state index in [1.165, 1.54) is 0 Å². The van der Waals surface area contributed by atoms with Gasteiger partial charge in [-0.15, -0.1) is 0 Å². The Bertz CT molecular complexity index is 376. The molecular weight excluding hydrogens is 252 g/mol. The van der Waals surface area contributed by atoms with Crippen LogP contribution in [-0.4, -0.2) is 23.4 Å². The van der Waals surface area contributed by atoms with Gasteiger partial charge in [0.2, 0.25) is 0 Å². The number of rotatable bonds is 9. The first kappa shape index (κ1) is 18.5. The normalized spacial score (nSPS) is 14.8. The predicted molar refractivity (Wildman–Crippen MR) is 84.3 cm³/mol. The van der Waals surface area contributed by atoms with Gasteiger partial charge in [0.05, 0.1) is 6.10 Å². The van der Waals surface area contributed by atoms with E-state index >= 15 is 0 Å². The molecule has 3 heteroatoms. The van der Waals surface area contributed by atoms with Crippen LogP contribution < -0.4 is 0 Å². The zero-order valence-corrected chi connectivity index (χ0v) is 13.3. The minimum absolute atomic E-state index is 0.213. The van der Waals surface area contributed by atoms with Crippen LogP contribution in [0.5, 0.6) is 0 Å². The van der Waals surface area contributed by atoms with E-state index in [4.69, 9.17) is 9.47 Å². The molecule has 20 heavy (non-hydrogen) atoms. The lowest BCUT2D eigenvalue weighted by Gasteiger charge is -2.29. The molecule has 0 aliphatic heterocycles. The molecule has 0 radical (unpaired) electrons. The summed E-state index contributed by atoms with van der Waals surface area (Å²) in [6.07, 6.45) is 9.21. The zero-order valence-electron chi connectivity index (χ0n) is 13.3. The average molecular weight is 280 g/mol. The Hall–Kier alpha value is -1.48. The third kappa shape index (κ3) is 8.59. The SMILES string of the molecule is C=C(/C=C\C)OCC(O)CC(C)(C)OC(/C=C\C)=C/C. The fraction of sp³-hybridized carbons (Fsp3) is 0.529. The van der Waals surface area contributed by atoms with Crippen LogP contribution in [0.15, 0.2) is 48.5 Å². The first-order valence-electron chi connectivity index (χ1n) is 6.95. The van der Waals surface area contributed by atoms with Gasteiger partial charge in [0.25, 0.3) is 0 Å². The van der Waals surface area contributed by atoms with Crippen molar-refractivity contribution >= 4 is 0 Å². The number of aliphatic hydroxyl groups excluding tert-OH is 1. The molecule has 0 saturated heterocycles. The van der Waals surface area contributed by atoms with Crippen molar-refractivity contribution in [2.75, 3.05) is 6.61 Å². The molecule has 3 nitrogen and oxygen atoms in total. The van der Waals surface area contributed by atoms with Gasteiger partial charge < -0.3 is 14.6 Å². The molecule has 0 saturated carbocycles. The van der Waals surface area contributed by atoms with Crippen molar-refractivity contribution in [3.63, 3.8) is 0 Å². The Balaban J connectivity index is 4.34. The second kappa shape index (κ2) is 9.43. The van der Waals surface area contributed by atoms with Crippen molar-refractivity contribution < 1.29 is 14.6 Å². The Labute approximate surface area is 123 Å². The highest BCUT2D eigenvalue weighted by Crippen LogP contribution is 2.22. The van der Waals surface area contributed by atoms with Gasteiger partial charge in [-0.3, -0.25) is 0 Å². The molecule has 0 aromatic rings. The largest absolute Gasteiger partial charge is 0.492 e. The van der Waals surface area contributed by atoms with Crippen LogP contribution in [0.2, 0.25) is 0 Å². The van der Waals surface area contributed by atoms with Gasteiger partial charge in [0.15, 0.2) is 0 Å². The second-order valence-electron chi connectivity index (χ2n) is 5.19. The van der Waals surface area contributed by atoms with Crippen molar-refractivity contribution in [3.8, 4) is 0 Å².